The van der Waals surface area contributed by atoms with E-state index < -0.39 is 0 Å². The molecule has 3 heteroatoms. The Morgan fingerprint density at radius 3 is 1.96 bits per heavy atom. The van der Waals surface area contributed by atoms with Gasteiger partial charge in [-0.15, -0.1) is 0 Å². The highest BCUT2D eigenvalue weighted by Gasteiger charge is 2.26. The monoisotopic (exact) mass is 358 g/mol. The second-order valence-electron chi connectivity index (χ2n) is 8.04. The highest BCUT2D eigenvalue weighted by Crippen LogP contribution is 2.40. The number of rotatable bonds is 7. The van der Waals surface area contributed by atoms with Gasteiger partial charge in [0, 0.05) is 12.8 Å². The summed E-state index contributed by atoms with van der Waals surface area (Å²) in [7, 11) is 1.39. The number of hydrogen-bond acceptors (Lipinski definition) is 3. The minimum Gasteiger partial charge on any atom is -0.469 e. The lowest BCUT2D eigenvalue weighted by molar-refractivity contribution is -0.141. The van der Waals surface area contributed by atoms with Crippen LogP contribution in [-0.4, -0.2) is 18.9 Å². The summed E-state index contributed by atoms with van der Waals surface area (Å²) in [5.41, 5.74) is 1.20. The van der Waals surface area contributed by atoms with Crippen LogP contribution in [0.2, 0.25) is 0 Å². The molecule has 0 aliphatic heterocycles. The average molecular weight is 359 g/mol. The molecule has 3 aliphatic rings. The first-order chi connectivity index (χ1) is 12.6. The zero-order chi connectivity index (χ0) is 18.8. The summed E-state index contributed by atoms with van der Waals surface area (Å²) in [6, 6.07) is 10.0. The molecule has 144 valence electrons. The molecule has 0 aromatic heterocycles. The van der Waals surface area contributed by atoms with Gasteiger partial charge in [0.05, 0.1) is 7.11 Å². The fourth-order valence-corrected chi connectivity index (χ4v) is 4.33. The van der Waals surface area contributed by atoms with Crippen molar-refractivity contribution >= 4 is 11.8 Å². The van der Waals surface area contributed by atoms with Crippen LogP contribution < -0.4 is 0 Å². The third kappa shape index (κ3) is 7.72. The van der Waals surface area contributed by atoms with Gasteiger partial charge >= 0.3 is 5.97 Å². The summed E-state index contributed by atoms with van der Waals surface area (Å²) >= 11 is 0. The number of ether oxygens (including phenoxy) is 1. The Morgan fingerprint density at radius 2 is 1.54 bits per heavy atom. The maximum Gasteiger partial charge on any atom is 0.305 e. The van der Waals surface area contributed by atoms with Gasteiger partial charge in [0.1, 0.15) is 5.78 Å². The summed E-state index contributed by atoms with van der Waals surface area (Å²) in [5.74, 6) is 2.47. The average Bonchev–Trinajstić information content (AvgIpc) is 2.68. The van der Waals surface area contributed by atoms with E-state index in [4.69, 9.17) is 0 Å². The predicted octanol–water partition coefficient (Wildman–Crippen LogP) is 5.36. The predicted molar refractivity (Wildman–Crippen MR) is 105 cm³/mol. The molecule has 0 amide bonds. The Labute approximate surface area is 158 Å². The smallest absolute Gasteiger partial charge is 0.305 e. The van der Waals surface area contributed by atoms with Crippen LogP contribution in [0.15, 0.2) is 30.3 Å². The first kappa shape index (κ1) is 20.7. The van der Waals surface area contributed by atoms with E-state index >= 15 is 0 Å². The van der Waals surface area contributed by atoms with Gasteiger partial charge in [0.25, 0.3) is 0 Å². The van der Waals surface area contributed by atoms with E-state index in [2.05, 4.69) is 4.74 Å². The molecule has 0 heterocycles. The lowest BCUT2D eigenvalue weighted by Crippen LogP contribution is -2.21. The van der Waals surface area contributed by atoms with Crippen molar-refractivity contribution in [3.8, 4) is 0 Å². The van der Waals surface area contributed by atoms with E-state index in [1.54, 1.807) is 45.4 Å². The molecule has 3 saturated carbocycles. The zero-order valence-corrected chi connectivity index (χ0v) is 16.4. The van der Waals surface area contributed by atoms with Gasteiger partial charge in [0.15, 0.2) is 0 Å². The zero-order valence-electron chi connectivity index (χ0n) is 16.4. The number of methoxy groups -OCH3 is 1. The molecular weight excluding hydrogens is 324 g/mol. The van der Waals surface area contributed by atoms with Gasteiger partial charge in [-0.05, 0) is 43.1 Å². The second kappa shape index (κ2) is 11.2. The summed E-state index contributed by atoms with van der Waals surface area (Å²) < 4.78 is 4.63. The van der Waals surface area contributed by atoms with Gasteiger partial charge in [-0.3, -0.25) is 4.79 Å². The Hall–Kier alpha value is -1.64. The van der Waals surface area contributed by atoms with Crippen molar-refractivity contribution in [1.82, 2.24) is 0 Å². The van der Waals surface area contributed by atoms with Gasteiger partial charge in [-0.25, -0.2) is 0 Å². The van der Waals surface area contributed by atoms with E-state index in [-0.39, 0.29) is 17.7 Å². The van der Waals surface area contributed by atoms with E-state index in [0.717, 1.165) is 18.3 Å². The maximum absolute atomic E-state index is 11.2. The number of benzene rings is 1. The van der Waals surface area contributed by atoms with E-state index in [0.29, 0.717) is 19.3 Å². The van der Waals surface area contributed by atoms with Crippen molar-refractivity contribution in [2.45, 2.75) is 71.1 Å². The van der Waals surface area contributed by atoms with E-state index in [1.807, 2.05) is 30.3 Å². The van der Waals surface area contributed by atoms with Crippen LogP contribution in [0.3, 0.4) is 0 Å². The van der Waals surface area contributed by atoms with Crippen molar-refractivity contribution < 1.29 is 14.3 Å². The first-order valence-corrected chi connectivity index (χ1v) is 10.2. The highest BCUT2D eigenvalue weighted by atomic mass is 16.5. The van der Waals surface area contributed by atoms with Gasteiger partial charge in [0.2, 0.25) is 0 Å². The number of carbonyl (C=O) groups excluding carboxylic acids is 2. The van der Waals surface area contributed by atoms with E-state index in [9.17, 15) is 9.59 Å². The Morgan fingerprint density at radius 1 is 1.00 bits per heavy atom. The summed E-state index contributed by atoms with van der Waals surface area (Å²) in [5, 5.41) is 0. The number of hydrogen-bond donors (Lipinski definition) is 0. The van der Waals surface area contributed by atoms with Gasteiger partial charge in [-0.1, -0.05) is 68.9 Å². The van der Waals surface area contributed by atoms with Crippen molar-refractivity contribution in [3.05, 3.63) is 35.9 Å². The van der Waals surface area contributed by atoms with Crippen molar-refractivity contribution in [1.29, 1.82) is 0 Å². The number of Topliss-reactive ketones (excluding diaryl/α,β-unsaturated/α-hetero) is 1. The van der Waals surface area contributed by atoms with Crippen molar-refractivity contribution in [3.63, 3.8) is 0 Å². The Kier molecular flexibility index (Phi) is 8.87. The maximum atomic E-state index is 11.2. The number of ketones is 1. The molecule has 1 aromatic carbocycles. The summed E-state index contributed by atoms with van der Waals surface area (Å²) in [4.78, 5) is 22.4. The molecule has 26 heavy (non-hydrogen) atoms. The van der Waals surface area contributed by atoms with Crippen LogP contribution in [0, 0.1) is 17.8 Å². The Bertz CT molecular complexity index is 521. The molecule has 0 saturated heterocycles. The summed E-state index contributed by atoms with van der Waals surface area (Å²) in [6.45, 7) is 1.59. The molecule has 1 atom stereocenters. The van der Waals surface area contributed by atoms with Crippen LogP contribution in [0.25, 0.3) is 0 Å². The minimum absolute atomic E-state index is 0.167. The molecule has 0 spiro atoms. The molecule has 0 unspecified atom stereocenters. The summed E-state index contributed by atoms with van der Waals surface area (Å²) in [6.07, 6.45) is 11.8. The van der Waals surface area contributed by atoms with Crippen LogP contribution in [0.4, 0.5) is 0 Å². The molecule has 2 bridgehead atoms. The van der Waals surface area contributed by atoms with Crippen LogP contribution in [-0.2, 0) is 20.7 Å². The molecule has 1 aromatic rings. The van der Waals surface area contributed by atoms with Gasteiger partial charge < -0.3 is 9.53 Å². The first-order valence-electron chi connectivity index (χ1n) is 10.2. The third-order valence-electron chi connectivity index (χ3n) is 5.88. The van der Waals surface area contributed by atoms with Crippen molar-refractivity contribution in [2.75, 3.05) is 7.11 Å². The van der Waals surface area contributed by atoms with Crippen LogP contribution in [0.1, 0.15) is 70.3 Å². The van der Waals surface area contributed by atoms with Crippen LogP contribution >= 0.6 is 0 Å². The standard InChI is InChI=1S/C15H20O3.C8H14/c1-12(16)10-14(8-9-15(17)18-2)11-13-6-4-3-5-7-13;1-2-8-5-3-7(1)4-6-8/h3-7,14H,8-11H2,1-2H3;7-8H,1-6H2/t14-;/m1./s1. The molecule has 3 aliphatic carbocycles. The molecular formula is C23H34O3. The number of carbonyl (C=O) groups is 2. The number of esters is 1. The van der Waals surface area contributed by atoms with Crippen molar-refractivity contribution in [2.24, 2.45) is 17.8 Å². The third-order valence-corrected chi connectivity index (χ3v) is 5.88. The SMILES string of the molecule is C1CC2CCC1CC2.COC(=O)CC[C@H](CC(C)=O)Cc1ccccc1. The highest BCUT2D eigenvalue weighted by molar-refractivity contribution is 5.76. The van der Waals surface area contributed by atoms with E-state index in [1.165, 1.54) is 12.7 Å². The van der Waals surface area contributed by atoms with Gasteiger partial charge in [-0.2, -0.15) is 0 Å². The second-order valence-corrected chi connectivity index (χ2v) is 8.04. The fraction of sp³-hybridized carbons (Fsp3) is 0.652. The normalized spacial score (nSPS) is 22.1. The van der Waals surface area contributed by atoms with Crippen LogP contribution in [0.5, 0.6) is 0 Å². The molecule has 3 fully saturated rings. The fourth-order valence-electron chi connectivity index (χ4n) is 4.33. The lowest BCUT2D eigenvalue weighted by atomic mass is 9.71. The molecule has 0 radical (unpaired) electrons. The largest absolute Gasteiger partial charge is 0.469 e. The minimum atomic E-state index is -0.211. The molecule has 3 nitrogen and oxygen atoms in total. The number of fused-ring (bicyclic) bond motifs is 3. The topological polar surface area (TPSA) is 43.4 Å². The lowest BCUT2D eigenvalue weighted by Gasteiger charge is -2.35. The molecule has 4 rings (SSSR count). The quantitative estimate of drug-likeness (QED) is 0.616. The molecule has 0 N–H and O–H groups in total. The Balaban J connectivity index is 0.000000247.